The maximum absolute atomic E-state index is 12.1. The molecule has 7 nitrogen and oxygen atoms in total. The van der Waals surface area contributed by atoms with E-state index in [-0.39, 0.29) is 12.1 Å². The number of ether oxygens (including phenoxy) is 4. The Kier molecular flexibility index (Phi) is 7.61. The molecule has 0 aromatic heterocycles. The molecule has 27 heavy (non-hydrogen) atoms. The minimum absolute atomic E-state index is 0.0178. The second-order valence-electron chi connectivity index (χ2n) is 5.94. The molecule has 0 aliphatic carbocycles. The number of carbonyl (C=O) groups is 1. The lowest BCUT2D eigenvalue weighted by Gasteiger charge is -2.15. The molecule has 0 aliphatic heterocycles. The first-order valence-corrected chi connectivity index (χ1v) is 8.68. The van der Waals surface area contributed by atoms with Crippen LogP contribution < -0.4 is 29.6 Å². The van der Waals surface area contributed by atoms with Crippen LogP contribution in [0.3, 0.4) is 0 Å². The fourth-order valence-corrected chi connectivity index (χ4v) is 2.29. The number of methoxy groups -OCH3 is 2. The summed E-state index contributed by atoms with van der Waals surface area (Å²) in [5.41, 5.74) is 0.613. The zero-order chi connectivity index (χ0) is 19.6. The average molecular weight is 374 g/mol. The molecule has 0 aliphatic rings. The second-order valence-corrected chi connectivity index (χ2v) is 5.94. The Bertz CT molecular complexity index is 727. The van der Waals surface area contributed by atoms with Crippen LogP contribution in [0.4, 0.5) is 10.5 Å². The monoisotopic (exact) mass is 374 g/mol. The van der Waals surface area contributed by atoms with Crippen molar-refractivity contribution in [3.05, 3.63) is 42.5 Å². The summed E-state index contributed by atoms with van der Waals surface area (Å²) in [5, 5.41) is 5.53. The lowest BCUT2D eigenvalue weighted by Crippen LogP contribution is -2.32. The molecule has 2 rings (SSSR count). The fourth-order valence-electron chi connectivity index (χ4n) is 2.29. The summed E-state index contributed by atoms with van der Waals surface area (Å²) in [7, 11) is 3.15. The highest BCUT2D eigenvalue weighted by Crippen LogP contribution is 2.27. The quantitative estimate of drug-likeness (QED) is 0.655. The number of nitrogens with one attached hydrogen (secondary N) is 2. The van der Waals surface area contributed by atoms with Crippen molar-refractivity contribution in [1.29, 1.82) is 0 Å². The Morgan fingerprint density at radius 2 is 1.63 bits per heavy atom. The van der Waals surface area contributed by atoms with Crippen LogP contribution in [0.15, 0.2) is 42.5 Å². The van der Waals surface area contributed by atoms with E-state index in [1.165, 1.54) is 0 Å². The number of amides is 2. The Hall–Kier alpha value is -3.09. The van der Waals surface area contributed by atoms with E-state index < -0.39 is 0 Å². The summed E-state index contributed by atoms with van der Waals surface area (Å²) in [6, 6.07) is 12.2. The van der Waals surface area contributed by atoms with Crippen LogP contribution in [-0.4, -0.2) is 39.5 Å². The molecule has 0 spiro atoms. The van der Waals surface area contributed by atoms with Crippen molar-refractivity contribution >= 4 is 11.7 Å². The van der Waals surface area contributed by atoms with Crippen LogP contribution in [0.25, 0.3) is 0 Å². The summed E-state index contributed by atoms with van der Waals surface area (Å²) in [6.45, 7) is 4.50. The first-order chi connectivity index (χ1) is 13.0. The molecule has 0 saturated heterocycles. The summed E-state index contributed by atoms with van der Waals surface area (Å²) >= 11 is 0. The minimum Gasteiger partial charge on any atom is -0.496 e. The summed E-state index contributed by atoms with van der Waals surface area (Å²) in [6.07, 6.45) is 0.0178. The van der Waals surface area contributed by atoms with Gasteiger partial charge in [0.25, 0.3) is 0 Å². The molecular formula is C20H26N2O5. The number of hydrogen-bond acceptors (Lipinski definition) is 5. The predicted molar refractivity (Wildman–Crippen MR) is 104 cm³/mol. The molecule has 2 N–H and O–H groups in total. The average Bonchev–Trinajstić information content (AvgIpc) is 2.66. The van der Waals surface area contributed by atoms with Gasteiger partial charge in [0, 0.05) is 18.2 Å². The molecule has 2 amide bonds. The van der Waals surface area contributed by atoms with Crippen molar-refractivity contribution in [3.63, 3.8) is 0 Å². The van der Waals surface area contributed by atoms with Crippen LogP contribution in [-0.2, 0) is 0 Å². The molecule has 7 heteroatoms. The number of para-hydroxylation sites is 2. The topological polar surface area (TPSA) is 78.0 Å². The van der Waals surface area contributed by atoms with E-state index in [1.807, 2.05) is 32.0 Å². The zero-order valence-corrected chi connectivity index (χ0v) is 16.1. The molecule has 0 radical (unpaired) electrons. The molecule has 0 atom stereocenters. The first-order valence-electron chi connectivity index (χ1n) is 8.68. The van der Waals surface area contributed by atoms with Gasteiger partial charge in [-0.05, 0) is 26.0 Å². The van der Waals surface area contributed by atoms with E-state index in [0.29, 0.717) is 41.8 Å². The van der Waals surface area contributed by atoms with Crippen LogP contribution >= 0.6 is 0 Å². The second kappa shape index (κ2) is 10.2. The Morgan fingerprint density at radius 3 is 2.26 bits per heavy atom. The molecule has 0 fully saturated rings. The van der Waals surface area contributed by atoms with Gasteiger partial charge >= 0.3 is 6.03 Å². The molecule has 0 unspecified atom stereocenters. The SMILES string of the molecule is COc1cc(OC)cc(OCCNC(=O)Nc2ccccc2OC(C)C)c1. The van der Waals surface area contributed by atoms with Gasteiger partial charge in [-0.2, -0.15) is 0 Å². The Labute approximate surface area is 159 Å². The predicted octanol–water partition coefficient (Wildman–Crippen LogP) is 3.69. The van der Waals surface area contributed by atoms with Gasteiger partial charge < -0.3 is 29.6 Å². The molecule has 0 saturated carbocycles. The lowest BCUT2D eigenvalue weighted by atomic mass is 10.3. The highest BCUT2D eigenvalue weighted by Gasteiger charge is 2.08. The van der Waals surface area contributed by atoms with E-state index in [2.05, 4.69) is 10.6 Å². The smallest absolute Gasteiger partial charge is 0.319 e. The van der Waals surface area contributed by atoms with Crippen molar-refractivity contribution in [3.8, 4) is 23.0 Å². The summed E-state index contributed by atoms with van der Waals surface area (Å²) in [5.74, 6) is 2.50. The van der Waals surface area contributed by atoms with Gasteiger partial charge in [0.1, 0.15) is 29.6 Å². The summed E-state index contributed by atoms with van der Waals surface area (Å²) < 4.78 is 21.7. The van der Waals surface area contributed by atoms with Crippen molar-refractivity contribution in [2.24, 2.45) is 0 Å². The molecular weight excluding hydrogens is 348 g/mol. The number of rotatable bonds is 9. The van der Waals surface area contributed by atoms with Crippen molar-refractivity contribution in [2.45, 2.75) is 20.0 Å². The van der Waals surface area contributed by atoms with Crippen molar-refractivity contribution in [2.75, 3.05) is 32.7 Å². The number of carbonyl (C=O) groups excluding carboxylic acids is 1. The molecule has 2 aromatic rings. The van der Waals surface area contributed by atoms with Gasteiger partial charge in [0.15, 0.2) is 0 Å². The van der Waals surface area contributed by atoms with E-state index >= 15 is 0 Å². The van der Waals surface area contributed by atoms with Crippen LogP contribution in [0.2, 0.25) is 0 Å². The van der Waals surface area contributed by atoms with E-state index in [4.69, 9.17) is 18.9 Å². The largest absolute Gasteiger partial charge is 0.496 e. The van der Waals surface area contributed by atoms with E-state index in [9.17, 15) is 4.79 Å². The summed E-state index contributed by atoms with van der Waals surface area (Å²) in [4.78, 5) is 12.1. The van der Waals surface area contributed by atoms with Gasteiger partial charge in [-0.3, -0.25) is 0 Å². The highest BCUT2D eigenvalue weighted by atomic mass is 16.5. The van der Waals surface area contributed by atoms with E-state index in [0.717, 1.165) is 0 Å². The number of urea groups is 1. The van der Waals surface area contributed by atoms with Crippen LogP contribution in [0, 0.1) is 0 Å². The zero-order valence-electron chi connectivity index (χ0n) is 16.1. The Morgan fingerprint density at radius 1 is 1.00 bits per heavy atom. The maximum Gasteiger partial charge on any atom is 0.319 e. The van der Waals surface area contributed by atoms with E-state index in [1.54, 1.807) is 38.5 Å². The number of benzene rings is 2. The van der Waals surface area contributed by atoms with Gasteiger partial charge in [-0.1, -0.05) is 12.1 Å². The van der Waals surface area contributed by atoms with Gasteiger partial charge in [0.2, 0.25) is 0 Å². The minimum atomic E-state index is -0.332. The number of anilines is 1. The molecule has 0 heterocycles. The van der Waals surface area contributed by atoms with Crippen LogP contribution in [0.5, 0.6) is 23.0 Å². The van der Waals surface area contributed by atoms with Gasteiger partial charge in [-0.15, -0.1) is 0 Å². The third kappa shape index (κ3) is 6.62. The Balaban J connectivity index is 1.82. The fraction of sp³-hybridized carbons (Fsp3) is 0.350. The standard InChI is InChI=1S/C20H26N2O5/c1-14(2)27-19-8-6-5-7-18(19)22-20(23)21-9-10-26-17-12-15(24-3)11-16(13-17)25-4/h5-8,11-14H,9-10H2,1-4H3,(H2,21,22,23). The van der Waals surface area contributed by atoms with Crippen LogP contribution in [0.1, 0.15) is 13.8 Å². The first kappa shape index (κ1) is 20.2. The number of hydrogen-bond donors (Lipinski definition) is 2. The normalized spacial score (nSPS) is 10.3. The van der Waals surface area contributed by atoms with Gasteiger partial charge in [0.05, 0.1) is 32.6 Å². The lowest BCUT2D eigenvalue weighted by molar-refractivity contribution is 0.240. The third-order valence-electron chi connectivity index (χ3n) is 3.48. The third-order valence-corrected chi connectivity index (χ3v) is 3.48. The highest BCUT2D eigenvalue weighted by molar-refractivity contribution is 5.90. The van der Waals surface area contributed by atoms with Crippen molar-refractivity contribution < 1.29 is 23.7 Å². The molecule has 0 bridgehead atoms. The van der Waals surface area contributed by atoms with Crippen molar-refractivity contribution in [1.82, 2.24) is 5.32 Å². The maximum atomic E-state index is 12.1. The molecule has 146 valence electrons. The van der Waals surface area contributed by atoms with Gasteiger partial charge in [-0.25, -0.2) is 4.79 Å². The molecule has 2 aromatic carbocycles.